The molecular weight excluding hydrogens is 224 g/mol. The molecule has 2 nitrogen and oxygen atoms in total. The van der Waals surface area contributed by atoms with Gasteiger partial charge in [-0.15, -0.1) is 0 Å². The molecule has 0 radical (unpaired) electrons. The van der Waals surface area contributed by atoms with Crippen LogP contribution in [0.4, 0.5) is 0 Å². The molecule has 0 spiro atoms. The molecule has 1 saturated carbocycles. The summed E-state index contributed by atoms with van der Waals surface area (Å²) >= 11 is 0. The topological polar surface area (TPSA) is 26.3 Å². The molecule has 2 atom stereocenters. The number of benzene rings is 1. The Kier molecular flexibility index (Phi) is 2.35. The third kappa shape index (κ3) is 1.38. The first kappa shape index (κ1) is 11.8. The van der Waals surface area contributed by atoms with Gasteiger partial charge in [-0.05, 0) is 41.5 Å². The summed E-state index contributed by atoms with van der Waals surface area (Å²) in [6.07, 6.45) is 3.61. The lowest BCUT2D eigenvalue weighted by Gasteiger charge is -2.46. The van der Waals surface area contributed by atoms with E-state index in [9.17, 15) is 4.79 Å². The molecule has 1 aromatic rings. The molecule has 0 heterocycles. The number of rotatable bonds is 1. The highest BCUT2D eigenvalue weighted by Crippen LogP contribution is 2.58. The number of hydrogen-bond donors (Lipinski definition) is 0. The van der Waals surface area contributed by atoms with Gasteiger partial charge < -0.3 is 4.74 Å². The fourth-order valence-electron chi connectivity index (χ4n) is 3.94. The lowest BCUT2D eigenvalue weighted by atomic mass is 9.57. The number of carbonyl (C=O) groups is 1. The maximum atomic E-state index is 11.9. The minimum Gasteiger partial charge on any atom is -0.497 e. The van der Waals surface area contributed by atoms with Crippen molar-refractivity contribution in [2.24, 2.45) is 5.41 Å². The summed E-state index contributed by atoms with van der Waals surface area (Å²) in [5, 5.41) is 0. The lowest BCUT2D eigenvalue weighted by Crippen LogP contribution is -2.40. The van der Waals surface area contributed by atoms with Crippen molar-refractivity contribution < 1.29 is 9.53 Å². The number of fused-ring (bicyclic) bond motifs is 3. The van der Waals surface area contributed by atoms with Crippen LogP contribution in [0.15, 0.2) is 18.2 Å². The van der Waals surface area contributed by atoms with Crippen LogP contribution in [0.1, 0.15) is 44.2 Å². The van der Waals surface area contributed by atoms with E-state index in [1.807, 2.05) is 6.07 Å². The first-order chi connectivity index (χ1) is 8.48. The number of Topliss-reactive ketones (excluding diaryl/α,β-unsaturated/α-hetero) is 1. The maximum absolute atomic E-state index is 11.9. The van der Waals surface area contributed by atoms with Crippen molar-refractivity contribution in [1.29, 1.82) is 0 Å². The van der Waals surface area contributed by atoms with Crippen LogP contribution in [0.5, 0.6) is 5.75 Å². The van der Waals surface area contributed by atoms with E-state index < -0.39 is 0 Å². The Morgan fingerprint density at radius 1 is 1.22 bits per heavy atom. The Bertz CT molecular complexity index is 520. The van der Waals surface area contributed by atoms with Gasteiger partial charge in [-0.25, -0.2) is 0 Å². The molecule has 0 bridgehead atoms. The van der Waals surface area contributed by atoms with Crippen LogP contribution in [0.3, 0.4) is 0 Å². The average molecular weight is 244 g/mol. The van der Waals surface area contributed by atoms with Crippen molar-refractivity contribution in [3.63, 3.8) is 0 Å². The second-order valence-electron chi connectivity index (χ2n) is 6.31. The highest BCUT2D eigenvalue weighted by atomic mass is 16.5. The third-order valence-electron chi connectivity index (χ3n) is 5.32. The number of hydrogen-bond acceptors (Lipinski definition) is 2. The van der Waals surface area contributed by atoms with Gasteiger partial charge >= 0.3 is 0 Å². The molecule has 0 aromatic heterocycles. The fraction of sp³-hybridized carbons (Fsp3) is 0.562. The Morgan fingerprint density at radius 2 is 2.00 bits per heavy atom. The van der Waals surface area contributed by atoms with Crippen molar-refractivity contribution in [3.8, 4) is 5.75 Å². The van der Waals surface area contributed by atoms with Gasteiger partial charge in [-0.2, -0.15) is 0 Å². The molecule has 0 aliphatic heterocycles. The average Bonchev–Trinajstić information content (AvgIpc) is 2.58. The SMILES string of the molecule is COc1ccc2c(c1)CC[C@]1(C)CC(=O)C[C@]21C. The van der Waals surface area contributed by atoms with Crippen molar-refractivity contribution in [1.82, 2.24) is 0 Å². The van der Waals surface area contributed by atoms with Gasteiger partial charge in [0, 0.05) is 18.3 Å². The molecule has 96 valence electrons. The van der Waals surface area contributed by atoms with Crippen molar-refractivity contribution in [2.75, 3.05) is 7.11 Å². The number of carbonyl (C=O) groups excluding carboxylic acids is 1. The summed E-state index contributed by atoms with van der Waals surface area (Å²) in [5.41, 5.74) is 2.89. The van der Waals surface area contributed by atoms with Crippen LogP contribution in [0, 0.1) is 5.41 Å². The molecule has 1 aromatic carbocycles. The van der Waals surface area contributed by atoms with Gasteiger partial charge in [-0.3, -0.25) is 4.79 Å². The number of ether oxygens (including phenoxy) is 1. The standard InChI is InChI=1S/C16H20O2/c1-15-7-6-11-8-13(18-3)4-5-14(11)16(15,2)10-12(17)9-15/h4-5,8H,6-7,9-10H2,1-3H3/t15-,16-/m1/s1. The fourth-order valence-corrected chi connectivity index (χ4v) is 3.94. The van der Waals surface area contributed by atoms with Crippen molar-refractivity contribution in [2.45, 2.75) is 44.9 Å². The smallest absolute Gasteiger partial charge is 0.134 e. The molecule has 0 unspecified atom stereocenters. The number of ketones is 1. The molecule has 18 heavy (non-hydrogen) atoms. The zero-order valence-electron chi connectivity index (χ0n) is 11.4. The monoisotopic (exact) mass is 244 g/mol. The minimum atomic E-state index is 0.0178. The molecule has 2 aliphatic rings. The van der Waals surface area contributed by atoms with Crippen LogP contribution in [0.25, 0.3) is 0 Å². The van der Waals surface area contributed by atoms with Gasteiger partial charge in [0.05, 0.1) is 7.11 Å². The van der Waals surface area contributed by atoms with E-state index in [1.165, 1.54) is 11.1 Å². The van der Waals surface area contributed by atoms with E-state index in [1.54, 1.807) is 7.11 Å². The first-order valence-corrected chi connectivity index (χ1v) is 6.68. The Labute approximate surface area is 108 Å². The van der Waals surface area contributed by atoms with Crippen molar-refractivity contribution in [3.05, 3.63) is 29.3 Å². The lowest BCUT2D eigenvalue weighted by molar-refractivity contribution is -0.118. The molecular formula is C16H20O2. The molecule has 0 N–H and O–H groups in total. The van der Waals surface area contributed by atoms with E-state index in [-0.39, 0.29) is 10.8 Å². The zero-order chi connectivity index (χ0) is 13.0. The quantitative estimate of drug-likeness (QED) is 0.758. The zero-order valence-corrected chi connectivity index (χ0v) is 11.4. The van der Waals surface area contributed by atoms with E-state index in [4.69, 9.17) is 4.74 Å². The molecule has 2 aliphatic carbocycles. The van der Waals surface area contributed by atoms with Gasteiger partial charge in [-0.1, -0.05) is 19.9 Å². The second kappa shape index (κ2) is 3.59. The summed E-state index contributed by atoms with van der Waals surface area (Å²) in [6, 6.07) is 6.34. The predicted molar refractivity (Wildman–Crippen MR) is 71.0 cm³/mol. The van der Waals surface area contributed by atoms with Crippen LogP contribution in [0.2, 0.25) is 0 Å². The molecule has 2 heteroatoms. The Balaban J connectivity index is 2.14. The van der Waals surface area contributed by atoms with Gasteiger partial charge in [0.15, 0.2) is 0 Å². The van der Waals surface area contributed by atoms with E-state index in [0.717, 1.165) is 25.0 Å². The maximum Gasteiger partial charge on any atom is 0.134 e. The largest absolute Gasteiger partial charge is 0.497 e. The van der Waals surface area contributed by atoms with Gasteiger partial charge in [0.2, 0.25) is 0 Å². The van der Waals surface area contributed by atoms with Crippen LogP contribution in [-0.2, 0) is 16.6 Å². The highest BCUT2D eigenvalue weighted by molar-refractivity contribution is 5.84. The predicted octanol–water partition coefficient (Wildman–Crippen LogP) is 3.27. The summed E-state index contributed by atoms with van der Waals surface area (Å²) in [6.45, 7) is 4.55. The number of aryl methyl sites for hydroxylation is 1. The summed E-state index contributed by atoms with van der Waals surface area (Å²) in [4.78, 5) is 11.9. The van der Waals surface area contributed by atoms with Crippen LogP contribution >= 0.6 is 0 Å². The van der Waals surface area contributed by atoms with Crippen molar-refractivity contribution >= 4 is 5.78 Å². The molecule has 0 saturated heterocycles. The van der Waals surface area contributed by atoms with E-state index in [0.29, 0.717) is 12.2 Å². The van der Waals surface area contributed by atoms with Crippen LogP contribution in [-0.4, -0.2) is 12.9 Å². The van der Waals surface area contributed by atoms with Crippen LogP contribution < -0.4 is 4.74 Å². The van der Waals surface area contributed by atoms with Gasteiger partial charge in [0.25, 0.3) is 0 Å². The first-order valence-electron chi connectivity index (χ1n) is 6.68. The molecule has 1 fully saturated rings. The summed E-state index contributed by atoms with van der Waals surface area (Å²) < 4.78 is 5.30. The van der Waals surface area contributed by atoms with Gasteiger partial charge in [0.1, 0.15) is 11.5 Å². The second-order valence-corrected chi connectivity index (χ2v) is 6.31. The van der Waals surface area contributed by atoms with E-state index in [2.05, 4.69) is 26.0 Å². The molecule has 0 amide bonds. The Hall–Kier alpha value is -1.31. The third-order valence-corrected chi connectivity index (χ3v) is 5.32. The number of methoxy groups -OCH3 is 1. The Morgan fingerprint density at radius 3 is 2.72 bits per heavy atom. The highest BCUT2D eigenvalue weighted by Gasteiger charge is 2.55. The van der Waals surface area contributed by atoms with E-state index >= 15 is 0 Å². The minimum absolute atomic E-state index is 0.0178. The molecule has 3 rings (SSSR count). The summed E-state index contributed by atoms with van der Waals surface area (Å²) in [5.74, 6) is 1.34. The summed E-state index contributed by atoms with van der Waals surface area (Å²) in [7, 11) is 1.70. The normalized spacial score (nSPS) is 34.1.